The summed E-state index contributed by atoms with van der Waals surface area (Å²) in [5.74, 6) is 0.487. The van der Waals surface area contributed by atoms with Crippen molar-refractivity contribution < 1.29 is 9.18 Å². The molecule has 1 aliphatic carbocycles. The van der Waals surface area contributed by atoms with Gasteiger partial charge in [0.2, 0.25) is 0 Å². The van der Waals surface area contributed by atoms with Crippen LogP contribution in [0.1, 0.15) is 46.8 Å². The minimum absolute atomic E-state index is 0.238. The number of rotatable bonds is 7. The highest BCUT2D eigenvalue weighted by molar-refractivity contribution is 6.06. The molecular formula is C26H25FN6O. The lowest BCUT2D eigenvalue weighted by Gasteiger charge is -2.24. The number of nitrogens with one attached hydrogen (secondary N) is 2. The number of aromatic nitrogens is 4. The Kier molecular flexibility index (Phi) is 6.12. The molecule has 0 aliphatic heterocycles. The largest absolute Gasteiger partial charge is 0.370 e. The van der Waals surface area contributed by atoms with E-state index in [1.165, 1.54) is 51.0 Å². The van der Waals surface area contributed by atoms with E-state index >= 15 is 0 Å². The molecule has 172 valence electrons. The van der Waals surface area contributed by atoms with Crippen molar-refractivity contribution in [2.45, 2.75) is 31.6 Å². The third-order valence-corrected chi connectivity index (χ3v) is 6.37. The lowest BCUT2D eigenvalue weighted by molar-refractivity contribution is 0.0964. The van der Waals surface area contributed by atoms with Crippen LogP contribution in [-0.2, 0) is 6.42 Å². The SMILES string of the molecule is CNC(=O)c1ccnc2c(CCNc3cc(-c4ccc(C5CCC5)nc4)ncn3)ccc(F)c12. The first-order valence-corrected chi connectivity index (χ1v) is 11.4. The Morgan fingerprint density at radius 2 is 1.97 bits per heavy atom. The summed E-state index contributed by atoms with van der Waals surface area (Å²) in [7, 11) is 1.52. The Hall–Kier alpha value is -3.94. The normalized spacial score (nSPS) is 13.5. The highest BCUT2D eigenvalue weighted by Gasteiger charge is 2.20. The van der Waals surface area contributed by atoms with Crippen molar-refractivity contribution in [3.8, 4) is 11.3 Å². The standard InChI is InChI=1S/C26H25FN6O/c1-28-26(34)19-10-12-30-25-17(5-7-20(27)24(19)25)9-11-29-23-13-22(32-15-33-23)18-6-8-21(31-14-18)16-3-2-4-16/h5-8,10,12-16H,2-4,9,11H2,1H3,(H,28,34)(H,29,32,33). The van der Waals surface area contributed by atoms with E-state index in [-0.39, 0.29) is 16.9 Å². The Balaban J connectivity index is 1.30. The molecule has 1 aromatic carbocycles. The van der Waals surface area contributed by atoms with E-state index in [4.69, 9.17) is 0 Å². The lowest BCUT2D eigenvalue weighted by Crippen LogP contribution is -2.18. The van der Waals surface area contributed by atoms with Crippen molar-refractivity contribution in [3.05, 3.63) is 77.8 Å². The predicted molar refractivity (Wildman–Crippen MR) is 129 cm³/mol. The van der Waals surface area contributed by atoms with Crippen molar-refractivity contribution in [1.29, 1.82) is 0 Å². The maximum Gasteiger partial charge on any atom is 0.251 e. The van der Waals surface area contributed by atoms with E-state index in [0.29, 0.717) is 30.2 Å². The van der Waals surface area contributed by atoms with Gasteiger partial charge < -0.3 is 10.6 Å². The molecule has 3 aromatic heterocycles. The fraction of sp³-hybridized carbons (Fsp3) is 0.269. The quantitative estimate of drug-likeness (QED) is 0.425. The summed E-state index contributed by atoms with van der Waals surface area (Å²) in [5.41, 5.74) is 4.51. The predicted octanol–water partition coefficient (Wildman–Crippen LogP) is 4.51. The number of nitrogens with zero attached hydrogens (tertiary/aromatic N) is 4. The van der Waals surface area contributed by atoms with Gasteiger partial charge in [-0.15, -0.1) is 0 Å². The van der Waals surface area contributed by atoms with Crippen molar-refractivity contribution in [2.75, 3.05) is 18.9 Å². The summed E-state index contributed by atoms with van der Waals surface area (Å²) in [4.78, 5) is 29.9. The van der Waals surface area contributed by atoms with E-state index in [1.54, 1.807) is 6.07 Å². The molecule has 0 atom stereocenters. The van der Waals surface area contributed by atoms with Gasteiger partial charge >= 0.3 is 0 Å². The van der Waals surface area contributed by atoms with Crippen molar-refractivity contribution in [3.63, 3.8) is 0 Å². The molecular weight excluding hydrogens is 431 g/mol. The molecule has 7 nitrogen and oxygen atoms in total. The maximum atomic E-state index is 14.6. The summed E-state index contributed by atoms with van der Waals surface area (Å²) >= 11 is 0. The second-order valence-corrected chi connectivity index (χ2v) is 8.43. The number of pyridine rings is 2. The van der Waals surface area contributed by atoms with Crippen molar-refractivity contribution in [1.82, 2.24) is 25.3 Å². The number of carbonyl (C=O) groups excluding carboxylic acids is 1. The van der Waals surface area contributed by atoms with Crippen LogP contribution in [0.15, 0.2) is 55.1 Å². The first kappa shape index (κ1) is 21.9. The van der Waals surface area contributed by atoms with Gasteiger partial charge in [0, 0.05) is 54.6 Å². The van der Waals surface area contributed by atoms with Gasteiger partial charge in [0.15, 0.2) is 0 Å². The van der Waals surface area contributed by atoms with Gasteiger partial charge in [0.25, 0.3) is 5.91 Å². The molecule has 1 aliphatic rings. The van der Waals surface area contributed by atoms with E-state index < -0.39 is 5.82 Å². The van der Waals surface area contributed by atoms with Crippen LogP contribution in [0.3, 0.4) is 0 Å². The topological polar surface area (TPSA) is 92.7 Å². The molecule has 1 amide bonds. The summed E-state index contributed by atoms with van der Waals surface area (Å²) in [6.45, 7) is 0.557. The molecule has 0 radical (unpaired) electrons. The van der Waals surface area contributed by atoms with Gasteiger partial charge in [-0.05, 0) is 49.1 Å². The number of amides is 1. The van der Waals surface area contributed by atoms with Crippen molar-refractivity contribution >= 4 is 22.6 Å². The smallest absolute Gasteiger partial charge is 0.251 e. The third-order valence-electron chi connectivity index (χ3n) is 6.37. The minimum Gasteiger partial charge on any atom is -0.370 e. The van der Waals surface area contributed by atoms with Crippen LogP contribution >= 0.6 is 0 Å². The van der Waals surface area contributed by atoms with E-state index in [9.17, 15) is 9.18 Å². The van der Waals surface area contributed by atoms with Crippen LogP contribution in [0.25, 0.3) is 22.2 Å². The minimum atomic E-state index is -0.462. The molecule has 2 N–H and O–H groups in total. The number of benzene rings is 1. The summed E-state index contributed by atoms with van der Waals surface area (Å²) in [5, 5.41) is 6.10. The fourth-order valence-electron chi connectivity index (χ4n) is 4.25. The monoisotopic (exact) mass is 456 g/mol. The Bertz CT molecular complexity index is 1340. The number of fused-ring (bicyclic) bond motifs is 1. The van der Waals surface area contributed by atoms with Crippen LogP contribution in [-0.4, -0.2) is 39.4 Å². The Labute approximate surface area is 196 Å². The zero-order valence-electron chi connectivity index (χ0n) is 18.9. The zero-order valence-corrected chi connectivity index (χ0v) is 18.9. The zero-order chi connectivity index (χ0) is 23.5. The van der Waals surface area contributed by atoms with Gasteiger partial charge in [0.1, 0.15) is 18.0 Å². The highest BCUT2D eigenvalue weighted by atomic mass is 19.1. The van der Waals surface area contributed by atoms with Gasteiger partial charge in [-0.3, -0.25) is 14.8 Å². The number of carbonyl (C=O) groups is 1. The molecule has 1 fully saturated rings. The Morgan fingerprint density at radius 3 is 2.71 bits per heavy atom. The van der Waals surface area contributed by atoms with E-state index in [0.717, 1.165) is 22.5 Å². The molecule has 0 unspecified atom stereocenters. The lowest BCUT2D eigenvalue weighted by atomic mass is 9.82. The second-order valence-electron chi connectivity index (χ2n) is 8.43. The summed E-state index contributed by atoms with van der Waals surface area (Å²) in [6, 6.07) is 10.7. The fourth-order valence-corrected chi connectivity index (χ4v) is 4.25. The average molecular weight is 457 g/mol. The number of hydrogen-bond donors (Lipinski definition) is 2. The Morgan fingerprint density at radius 1 is 1.09 bits per heavy atom. The van der Waals surface area contributed by atoms with Gasteiger partial charge in [-0.1, -0.05) is 12.5 Å². The van der Waals surface area contributed by atoms with E-state index in [1.807, 2.05) is 12.3 Å². The molecule has 4 aromatic rings. The third kappa shape index (κ3) is 4.31. The number of hydrogen-bond acceptors (Lipinski definition) is 6. The molecule has 0 spiro atoms. The van der Waals surface area contributed by atoms with Crippen molar-refractivity contribution in [2.24, 2.45) is 0 Å². The van der Waals surface area contributed by atoms with Crippen LogP contribution in [0.4, 0.5) is 10.2 Å². The molecule has 0 saturated heterocycles. The number of halogens is 1. The van der Waals surface area contributed by atoms with E-state index in [2.05, 4.69) is 42.7 Å². The first-order chi connectivity index (χ1) is 16.6. The number of anilines is 1. The van der Waals surface area contributed by atoms with Gasteiger partial charge in [-0.25, -0.2) is 14.4 Å². The molecule has 5 rings (SSSR count). The van der Waals surface area contributed by atoms with Crippen LogP contribution in [0.5, 0.6) is 0 Å². The maximum absolute atomic E-state index is 14.6. The van der Waals surface area contributed by atoms with Crippen LogP contribution < -0.4 is 10.6 Å². The van der Waals surface area contributed by atoms with Crippen LogP contribution in [0, 0.1) is 5.82 Å². The van der Waals surface area contributed by atoms with Crippen LogP contribution in [0.2, 0.25) is 0 Å². The molecule has 0 bridgehead atoms. The second kappa shape index (κ2) is 9.51. The summed E-state index contributed by atoms with van der Waals surface area (Å²) in [6.07, 6.45) is 9.25. The van der Waals surface area contributed by atoms with Gasteiger partial charge in [0.05, 0.1) is 16.8 Å². The molecule has 3 heterocycles. The summed E-state index contributed by atoms with van der Waals surface area (Å²) < 4.78 is 14.6. The highest BCUT2D eigenvalue weighted by Crippen LogP contribution is 2.35. The molecule has 1 saturated carbocycles. The molecule has 8 heteroatoms. The molecule has 34 heavy (non-hydrogen) atoms. The average Bonchev–Trinajstić information content (AvgIpc) is 2.84. The first-order valence-electron chi connectivity index (χ1n) is 11.4. The van der Waals surface area contributed by atoms with Gasteiger partial charge in [-0.2, -0.15) is 0 Å².